The van der Waals surface area contributed by atoms with E-state index in [4.69, 9.17) is 32.7 Å². The average molecular weight is 637 g/mol. The fraction of sp³-hybridized carbons (Fsp3) is 0.333. The molecule has 0 heterocycles. The number of amides is 2. The summed E-state index contributed by atoms with van der Waals surface area (Å²) in [4.78, 5) is 28.6. The lowest BCUT2D eigenvalue weighted by Crippen LogP contribution is -2.52. The quantitative estimate of drug-likeness (QED) is 0.264. The molecule has 0 unspecified atom stereocenters. The van der Waals surface area contributed by atoms with Gasteiger partial charge in [-0.15, -0.1) is 0 Å². The van der Waals surface area contributed by atoms with Crippen molar-refractivity contribution >= 4 is 50.7 Å². The number of halogens is 2. The fourth-order valence-corrected chi connectivity index (χ4v) is 6.01. The molecule has 3 rings (SSSR count). The van der Waals surface area contributed by atoms with Gasteiger partial charge in [0.05, 0.1) is 24.8 Å². The lowest BCUT2D eigenvalue weighted by molar-refractivity contribution is -0.139. The van der Waals surface area contributed by atoms with E-state index < -0.39 is 28.5 Å². The summed E-state index contributed by atoms with van der Waals surface area (Å²) in [6.07, 6.45) is 0.689. The van der Waals surface area contributed by atoms with Crippen LogP contribution >= 0.6 is 23.2 Å². The van der Waals surface area contributed by atoms with Crippen molar-refractivity contribution in [2.24, 2.45) is 0 Å². The summed E-state index contributed by atoms with van der Waals surface area (Å²) in [5.41, 5.74) is 0.629. The highest BCUT2D eigenvalue weighted by molar-refractivity contribution is 7.92. The van der Waals surface area contributed by atoms with Crippen LogP contribution in [0.3, 0.4) is 0 Å². The Bertz CT molecular complexity index is 1500. The Morgan fingerprint density at radius 2 is 1.64 bits per heavy atom. The van der Waals surface area contributed by atoms with E-state index in [1.807, 2.05) is 13.8 Å². The maximum atomic E-state index is 14.1. The zero-order valence-electron chi connectivity index (χ0n) is 24.1. The van der Waals surface area contributed by atoms with Gasteiger partial charge in [-0.25, -0.2) is 8.42 Å². The summed E-state index contributed by atoms with van der Waals surface area (Å²) in [5.74, 6) is -0.466. The predicted molar refractivity (Wildman–Crippen MR) is 165 cm³/mol. The number of nitrogens with one attached hydrogen (secondary N) is 1. The molecule has 12 heteroatoms. The van der Waals surface area contributed by atoms with Crippen molar-refractivity contribution in [3.8, 4) is 11.5 Å². The van der Waals surface area contributed by atoms with Gasteiger partial charge in [-0.05, 0) is 62.2 Å². The SMILES string of the molecule is CC[C@@H](C)NC(=O)[C@@H](C)N(Cc1ccc(Cl)cc1Cl)C(=O)CN(c1cc(OC)ccc1OC)S(=O)(=O)c1ccccc1. The summed E-state index contributed by atoms with van der Waals surface area (Å²) in [5, 5.41) is 3.61. The number of sulfonamides is 1. The highest BCUT2D eigenvalue weighted by atomic mass is 35.5. The van der Waals surface area contributed by atoms with Crippen LogP contribution < -0.4 is 19.1 Å². The summed E-state index contributed by atoms with van der Waals surface area (Å²) in [6.45, 7) is 4.66. The summed E-state index contributed by atoms with van der Waals surface area (Å²) in [6, 6.07) is 16.1. The third-order valence-corrected chi connectivity index (χ3v) is 9.15. The number of rotatable bonds is 13. The Kier molecular flexibility index (Phi) is 11.5. The van der Waals surface area contributed by atoms with Gasteiger partial charge in [-0.2, -0.15) is 0 Å². The molecule has 2 atom stereocenters. The van der Waals surface area contributed by atoms with Gasteiger partial charge in [0.1, 0.15) is 24.1 Å². The second-order valence-corrected chi connectivity index (χ2v) is 12.3. The van der Waals surface area contributed by atoms with Gasteiger partial charge in [0, 0.05) is 28.7 Å². The standard InChI is InChI=1S/C30H35Cl2N3O6S/c1-6-20(2)33-30(37)21(3)34(18-22-12-13-23(31)16-26(22)32)29(36)19-35(42(38,39)25-10-8-7-9-11-25)27-17-24(40-4)14-15-28(27)41-5/h7-17,20-21H,6,18-19H2,1-5H3,(H,33,37)/t20-,21-/m1/s1. The van der Waals surface area contributed by atoms with Crippen molar-refractivity contribution in [1.29, 1.82) is 0 Å². The van der Waals surface area contributed by atoms with E-state index in [1.54, 1.807) is 49.4 Å². The first-order valence-electron chi connectivity index (χ1n) is 13.3. The molecule has 3 aromatic rings. The average Bonchev–Trinajstić information content (AvgIpc) is 2.98. The summed E-state index contributed by atoms with van der Waals surface area (Å²) < 4.78 is 39.9. The van der Waals surface area contributed by atoms with Crippen LogP contribution in [0, 0.1) is 0 Å². The summed E-state index contributed by atoms with van der Waals surface area (Å²) >= 11 is 12.5. The maximum Gasteiger partial charge on any atom is 0.264 e. The minimum atomic E-state index is -4.29. The zero-order chi connectivity index (χ0) is 31.0. The van der Waals surface area contributed by atoms with Gasteiger partial charge in [-0.1, -0.05) is 54.4 Å². The molecule has 0 radical (unpaired) electrons. The molecule has 0 aliphatic carbocycles. The van der Waals surface area contributed by atoms with Gasteiger partial charge in [0.2, 0.25) is 11.8 Å². The molecule has 9 nitrogen and oxygen atoms in total. The van der Waals surface area contributed by atoms with Gasteiger partial charge in [0.25, 0.3) is 10.0 Å². The lowest BCUT2D eigenvalue weighted by atomic mass is 10.1. The summed E-state index contributed by atoms with van der Waals surface area (Å²) in [7, 11) is -1.44. The van der Waals surface area contributed by atoms with Crippen LogP contribution in [0.2, 0.25) is 10.0 Å². The normalized spacial score (nSPS) is 12.6. The number of carbonyl (C=O) groups excluding carboxylic acids is 2. The van der Waals surface area contributed by atoms with Crippen LogP contribution in [0.15, 0.2) is 71.6 Å². The minimum absolute atomic E-state index is 0.0301. The van der Waals surface area contributed by atoms with E-state index in [9.17, 15) is 18.0 Å². The van der Waals surface area contributed by atoms with Crippen LogP contribution in [0.5, 0.6) is 11.5 Å². The molecular weight excluding hydrogens is 601 g/mol. The van der Waals surface area contributed by atoms with Crippen molar-refractivity contribution in [2.45, 2.75) is 50.7 Å². The Balaban J connectivity index is 2.12. The van der Waals surface area contributed by atoms with Crippen LogP contribution in [0.25, 0.3) is 0 Å². The molecule has 0 fully saturated rings. The molecule has 42 heavy (non-hydrogen) atoms. The third kappa shape index (κ3) is 7.87. The molecular formula is C30H35Cl2N3O6S. The van der Waals surface area contributed by atoms with Crippen LogP contribution in [0.1, 0.15) is 32.8 Å². The molecule has 0 saturated carbocycles. The maximum absolute atomic E-state index is 14.1. The number of carbonyl (C=O) groups is 2. The van der Waals surface area contributed by atoms with E-state index in [0.717, 1.165) is 4.31 Å². The van der Waals surface area contributed by atoms with Crippen molar-refractivity contribution < 1.29 is 27.5 Å². The topological polar surface area (TPSA) is 105 Å². The van der Waals surface area contributed by atoms with Crippen molar-refractivity contribution in [3.63, 3.8) is 0 Å². The second-order valence-electron chi connectivity index (χ2n) is 9.61. The van der Waals surface area contributed by atoms with Gasteiger partial charge >= 0.3 is 0 Å². The zero-order valence-corrected chi connectivity index (χ0v) is 26.5. The molecule has 2 amide bonds. The van der Waals surface area contributed by atoms with Crippen molar-refractivity contribution in [2.75, 3.05) is 25.1 Å². The Morgan fingerprint density at radius 3 is 2.24 bits per heavy atom. The molecule has 1 N–H and O–H groups in total. The first-order valence-corrected chi connectivity index (χ1v) is 15.5. The number of nitrogens with zero attached hydrogens (tertiary/aromatic N) is 2. The first kappa shape index (κ1) is 33.0. The Labute approximate surface area is 257 Å². The highest BCUT2D eigenvalue weighted by Gasteiger charge is 2.34. The minimum Gasteiger partial charge on any atom is -0.497 e. The van der Waals surface area contributed by atoms with E-state index in [1.165, 1.54) is 43.4 Å². The molecule has 0 spiro atoms. The van der Waals surface area contributed by atoms with E-state index >= 15 is 0 Å². The smallest absolute Gasteiger partial charge is 0.264 e. The van der Waals surface area contributed by atoms with Crippen LogP contribution in [-0.2, 0) is 26.2 Å². The largest absolute Gasteiger partial charge is 0.497 e. The first-order chi connectivity index (χ1) is 19.9. The predicted octanol–water partition coefficient (Wildman–Crippen LogP) is 5.54. The number of methoxy groups -OCH3 is 2. The number of hydrogen-bond donors (Lipinski definition) is 1. The van der Waals surface area contributed by atoms with Gasteiger partial charge in [0.15, 0.2) is 0 Å². The van der Waals surface area contributed by atoms with Crippen molar-refractivity contribution in [1.82, 2.24) is 10.2 Å². The monoisotopic (exact) mass is 635 g/mol. The lowest BCUT2D eigenvalue weighted by Gasteiger charge is -2.33. The number of ether oxygens (including phenoxy) is 2. The molecule has 226 valence electrons. The fourth-order valence-electron chi connectivity index (χ4n) is 4.11. The Hall–Kier alpha value is -3.47. The number of anilines is 1. The molecule has 0 aliphatic rings. The third-order valence-electron chi connectivity index (χ3n) is 6.79. The molecule has 0 aliphatic heterocycles. The van der Waals surface area contributed by atoms with Crippen LogP contribution in [-0.4, -0.2) is 58.0 Å². The van der Waals surface area contributed by atoms with E-state index in [0.29, 0.717) is 27.8 Å². The molecule has 0 saturated heterocycles. The second kappa shape index (κ2) is 14.6. The van der Waals surface area contributed by atoms with Gasteiger partial charge < -0.3 is 19.7 Å². The highest BCUT2D eigenvalue weighted by Crippen LogP contribution is 2.36. The molecule has 0 aromatic heterocycles. The molecule has 3 aromatic carbocycles. The number of benzene rings is 3. The Morgan fingerprint density at radius 1 is 0.952 bits per heavy atom. The van der Waals surface area contributed by atoms with Gasteiger partial charge in [-0.3, -0.25) is 13.9 Å². The van der Waals surface area contributed by atoms with E-state index in [2.05, 4.69) is 5.32 Å². The van der Waals surface area contributed by atoms with Crippen molar-refractivity contribution in [3.05, 3.63) is 82.3 Å². The molecule has 0 bridgehead atoms. The van der Waals surface area contributed by atoms with E-state index in [-0.39, 0.29) is 34.8 Å². The number of hydrogen-bond acceptors (Lipinski definition) is 6. The van der Waals surface area contributed by atoms with Crippen LogP contribution in [0.4, 0.5) is 5.69 Å².